The Morgan fingerprint density at radius 3 is 1.89 bits per heavy atom. The van der Waals surface area contributed by atoms with Gasteiger partial charge in [0.05, 0.1) is 12.2 Å². The molecule has 1 saturated heterocycles. The predicted octanol–water partition coefficient (Wildman–Crippen LogP) is 1.90. The molecule has 2 aromatic rings. The van der Waals surface area contributed by atoms with Crippen LogP contribution in [-0.2, 0) is 0 Å². The molecule has 0 radical (unpaired) electrons. The predicted molar refractivity (Wildman–Crippen MR) is 72.6 cm³/mol. The van der Waals surface area contributed by atoms with Crippen molar-refractivity contribution in [1.82, 2.24) is 10.9 Å². The smallest absolute Gasteiger partial charge is 0.0767 e. The van der Waals surface area contributed by atoms with E-state index in [0.717, 1.165) is 0 Å². The zero-order valence-electron chi connectivity index (χ0n) is 10.1. The van der Waals surface area contributed by atoms with Crippen LogP contribution in [0.1, 0.15) is 23.1 Å². The van der Waals surface area contributed by atoms with E-state index in [4.69, 9.17) is 5.73 Å². The number of nitrogens with two attached hydrogens (primary N) is 1. The van der Waals surface area contributed by atoms with Crippen molar-refractivity contribution in [2.75, 3.05) is 0 Å². The van der Waals surface area contributed by atoms with E-state index in [-0.39, 0.29) is 18.1 Å². The zero-order valence-corrected chi connectivity index (χ0v) is 10.1. The number of rotatable bonds is 2. The molecule has 3 heteroatoms. The Morgan fingerprint density at radius 1 is 0.722 bits per heavy atom. The standard InChI is InChI=1S/C15H17N3/c16-15-13(11-7-3-1-4-8-11)14(17-18-15)12-9-5-2-6-10-12/h1-10,13-15,17-18H,16H2. The van der Waals surface area contributed by atoms with Gasteiger partial charge in [-0.05, 0) is 11.1 Å². The Bertz CT molecular complexity index is 498. The first kappa shape index (κ1) is 11.4. The molecule has 1 aliphatic rings. The summed E-state index contributed by atoms with van der Waals surface area (Å²) in [6.45, 7) is 0. The molecule has 3 unspecified atom stereocenters. The summed E-state index contributed by atoms with van der Waals surface area (Å²) in [5.74, 6) is 0.244. The van der Waals surface area contributed by atoms with E-state index in [9.17, 15) is 0 Å². The second-order valence-corrected chi connectivity index (χ2v) is 4.64. The Labute approximate surface area is 107 Å². The fourth-order valence-electron chi connectivity index (χ4n) is 2.60. The summed E-state index contributed by atoms with van der Waals surface area (Å²) >= 11 is 0. The van der Waals surface area contributed by atoms with Gasteiger partial charge in [0.15, 0.2) is 0 Å². The molecule has 0 saturated carbocycles. The minimum Gasteiger partial charge on any atom is -0.314 e. The lowest BCUT2D eigenvalue weighted by molar-refractivity contribution is 0.546. The minimum absolute atomic E-state index is 0.0717. The van der Waals surface area contributed by atoms with Crippen molar-refractivity contribution < 1.29 is 0 Å². The fraction of sp³-hybridized carbons (Fsp3) is 0.200. The second-order valence-electron chi connectivity index (χ2n) is 4.64. The van der Waals surface area contributed by atoms with Gasteiger partial charge in [-0.15, -0.1) is 0 Å². The summed E-state index contributed by atoms with van der Waals surface area (Å²) in [6, 6.07) is 21.0. The summed E-state index contributed by atoms with van der Waals surface area (Å²) < 4.78 is 0. The second kappa shape index (κ2) is 4.90. The highest BCUT2D eigenvalue weighted by atomic mass is 15.5. The van der Waals surface area contributed by atoms with Gasteiger partial charge in [0, 0.05) is 5.92 Å². The van der Waals surface area contributed by atoms with E-state index >= 15 is 0 Å². The van der Waals surface area contributed by atoms with Gasteiger partial charge in [-0.25, -0.2) is 10.9 Å². The first-order valence-corrected chi connectivity index (χ1v) is 6.23. The van der Waals surface area contributed by atoms with Crippen molar-refractivity contribution in [2.45, 2.75) is 18.1 Å². The first-order valence-electron chi connectivity index (χ1n) is 6.23. The molecule has 18 heavy (non-hydrogen) atoms. The quantitative estimate of drug-likeness (QED) is 0.750. The normalized spacial score (nSPS) is 27.3. The third kappa shape index (κ3) is 2.04. The maximum absolute atomic E-state index is 6.17. The molecule has 0 aliphatic carbocycles. The van der Waals surface area contributed by atoms with Gasteiger partial charge in [0.2, 0.25) is 0 Å². The van der Waals surface area contributed by atoms with E-state index < -0.39 is 0 Å². The molecule has 3 nitrogen and oxygen atoms in total. The SMILES string of the molecule is NC1NNC(c2ccccc2)C1c1ccccc1. The summed E-state index contributed by atoms with van der Waals surface area (Å²) in [5.41, 5.74) is 15.1. The van der Waals surface area contributed by atoms with Crippen molar-refractivity contribution in [3.05, 3.63) is 71.8 Å². The summed E-state index contributed by atoms with van der Waals surface area (Å²) in [4.78, 5) is 0. The highest BCUT2D eigenvalue weighted by Gasteiger charge is 2.35. The van der Waals surface area contributed by atoms with Crippen LogP contribution in [0.4, 0.5) is 0 Å². The lowest BCUT2D eigenvalue weighted by Gasteiger charge is -2.21. The van der Waals surface area contributed by atoms with Crippen LogP contribution in [0.3, 0.4) is 0 Å². The lowest BCUT2D eigenvalue weighted by atomic mass is 9.87. The topological polar surface area (TPSA) is 50.1 Å². The first-order chi connectivity index (χ1) is 8.86. The van der Waals surface area contributed by atoms with Gasteiger partial charge >= 0.3 is 0 Å². The third-order valence-corrected chi connectivity index (χ3v) is 3.49. The molecular formula is C15H17N3. The average Bonchev–Trinajstić information content (AvgIpc) is 2.83. The molecule has 2 aromatic carbocycles. The summed E-state index contributed by atoms with van der Waals surface area (Å²) in [6.07, 6.45) is -0.0717. The third-order valence-electron chi connectivity index (χ3n) is 3.49. The van der Waals surface area contributed by atoms with Gasteiger partial charge in [-0.1, -0.05) is 60.7 Å². The monoisotopic (exact) mass is 239 g/mol. The Balaban J connectivity index is 1.96. The van der Waals surface area contributed by atoms with Gasteiger partial charge in [-0.3, -0.25) is 0 Å². The number of hydrogen-bond donors (Lipinski definition) is 3. The molecule has 0 spiro atoms. The highest BCUT2D eigenvalue weighted by Crippen LogP contribution is 2.34. The van der Waals surface area contributed by atoms with Crippen LogP contribution < -0.4 is 16.6 Å². The van der Waals surface area contributed by atoms with E-state index in [1.165, 1.54) is 11.1 Å². The molecule has 4 N–H and O–H groups in total. The van der Waals surface area contributed by atoms with Crippen molar-refractivity contribution in [1.29, 1.82) is 0 Å². The number of benzene rings is 2. The van der Waals surface area contributed by atoms with Crippen LogP contribution in [0.15, 0.2) is 60.7 Å². The largest absolute Gasteiger partial charge is 0.314 e. The lowest BCUT2D eigenvalue weighted by Crippen LogP contribution is -2.38. The summed E-state index contributed by atoms with van der Waals surface area (Å²) in [5, 5.41) is 0. The van der Waals surface area contributed by atoms with Gasteiger partial charge in [0.25, 0.3) is 0 Å². The van der Waals surface area contributed by atoms with Gasteiger partial charge < -0.3 is 5.73 Å². The van der Waals surface area contributed by atoms with Crippen molar-refractivity contribution in [3.8, 4) is 0 Å². The maximum atomic E-state index is 6.17. The van der Waals surface area contributed by atoms with Crippen LogP contribution >= 0.6 is 0 Å². The van der Waals surface area contributed by atoms with Crippen LogP contribution in [-0.4, -0.2) is 6.17 Å². The van der Waals surface area contributed by atoms with E-state index in [1.807, 2.05) is 12.1 Å². The molecule has 0 aromatic heterocycles. The van der Waals surface area contributed by atoms with Crippen LogP contribution in [0.2, 0.25) is 0 Å². The fourth-order valence-corrected chi connectivity index (χ4v) is 2.60. The van der Waals surface area contributed by atoms with Crippen molar-refractivity contribution in [2.24, 2.45) is 5.73 Å². The Kier molecular flexibility index (Phi) is 3.11. The zero-order chi connectivity index (χ0) is 12.4. The molecule has 3 rings (SSSR count). The molecule has 0 bridgehead atoms. The van der Waals surface area contributed by atoms with Crippen LogP contribution in [0.5, 0.6) is 0 Å². The Morgan fingerprint density at radius 2 is 1.28 bits per heavy atom. The van der Waals surface area contributed by atoms with Gasteiger partial charge in [0.1, 0.15) is 0 Å². The highest BCUT2D eigenvalue weighted by molar-refractivity contribution is 5.30. The molecule has 3 atom stereocenters. The van der Waals surface area contributed by atoms with Crippen molar-refractivity contribution >= 4 is 0 Å². The number of nitrogens with one attached hydrogen (secondary N) is 2. The van der Waals surface area contributed by atoms with E-state index in [0.29, 0.717) is 0 Å². The van der Waals surface area contributed by atoms with E-state index in [2.05, 4.69) is 59.4 Å². The molecule has 1 heterocycles. The number of hydrazine groups is 1. The maximum Gasteiger partial charge on any atom is 0.0767 e. The molecule has 92 valence electrons. The molecule has 1 aliphatic heterocycles. The van der Waals surface area contributed by atoms with Crippen molar-refractivity contribution in [3.63, 3.8) is 0 Å². The molecule has 0 amide bonds. The number of hydrogen-bond acceptors (Lipinski definition) is 3. The van der Waals surface area contributed by atoms with Crippen LogP contribution in [0.25, 0.3) is 0 Å². The average molecular weight is 239 g/mol. The Hall–Kier alpha value is -1.68. The van der Waals surface area contributed by atoms with Crippen LogP contribution in [0, 0.1) is 0 Å². The minimum atomic E-state index is -0.0717. The summed E-state index contributed by atoms with van der Waals surface area (Å²) in [7, 11) is 0. The molecular weight excluding hydrogens is 222 g/mol. The van der Waals surface area contributed by atoms with E-state index in [1.54, 1.807) is 0 Å². The molecule has 1 fully saturated rings. The van der Waals surface area contributed by atoms with Gasteiger partial charge in [-0.2, -0.15) is 0 Å².